The van der Waals surface area contributed by atoms with Crippen molar-refractivity contribution in [1.82, 2.24) is 20.3 Å². The third kappa shape index (κ3) is 5.68. The molecule has 0 radical (unpaired) electrons. The number of aromatic amines is 1. The number of hydrogen-bond acceptors (Lipinski definition) is 6. The second-order valence-electron chi connectivity index (χ2n) is 8.85. The van der Waals surface area contributed by atoms with Crippen molar-refractivity contribution in [2.45, 2.75) is 69.0 Å². The summed E-state index contributed by atoms with van der Waals surface area (Å²) in [5.41, 5.74) is 8.79. The fourth-order valence-corrected chi connectivity index (χ4v) is 4.81. The third-order valence-electron chi connectivity index (χ3n) is 6.50. The number of nitrogens with two attached hydrogens (primary N) is 1. The van der Waals surface area contributed by atoms with Gasteiger partial charge in [0, 0.05) is 42.4 Å². The van der Waals surface area contributed by atoms with Crippen LogP contribution >= 0.6 is 0 Å². The maximum atomic E-state index is 13.7. The first kappa shape index (κ1) is 21.9. The van der Waals surface area contributed by atoms with Crippen LogP contribution in [0.2, 0.25) is 0 Å². The Labute approximate surface area is 182 Å². The van der Waals surface area contributed by atoms with E-state index in [9.17, 15) is 9.18 Å². The summed E-state index contributed by atoms with van der Waals surface area (Å²) in [6.45, 7) is 2.33. The third-order valence-corrected chi connectivity index (χ3v) is 6.50. The number of H-pyrrole nitrogens is 1. The van der Waals surface area contributed by atoms with Crippen LogP contribution < -0.4 is 21.9 Å². The summed E-state index contributed by atoms with van der Waals surface area (Å²) < 4.78 is 13.7. The summed E-state index contributed by atoms with van der Waals surface area (Å²) in [5, 5.41) is 6.61. The SMILES string of the molecule is NC(CNc1nc(C2CCNCC2)c(C2CCC(F)CC2)c(=O)[nH]1)Cc1ccccn1. The van der Waals surface area contributed by atoms with Crippen molar-refractivity contribution >= 4 is 5.95 Å². The van der Waals surface area contributed by atoms with Gasteiger partial charge in [-0.25, -0.2) is 9.37 Å². The first-order chi connectivity index (χ1) is 15.1. The minimum absolute atomic E-state index is 0.0911. The zero-order valence-electron chi connectivity index (χ0n) is 17.9. The lowest BCUT2D eigenvalue weighted by molar-refractivity contribution is 0.234. The molecule has 0 amide bonds. The lowest BCUT2D eigenvalue weighted by atomic mass is 9.80. The van der Waals surface area contributed by atoms with Gasteiger partial charge in [0.2, 0.25) is 5.95 Å². The lowest BCUT2D eigenvalue weighted by Gasteiger charge is -2.29. The fourth-order valence-electron chi connectivity index (χ4n) is 4.81. The number of pyridine rings is 1. The molecular weight excluding hydrogens is 395 g/mol. The van der Waals surface area contributed by atoms with Gasteiger partial charge >= 0.3 is 0 Å². The number of hydrogen-bond donors (Lipinski definition) is 4. The molecule has 5 N–H and O–H groups in total. The van der Waals surface area contributed by atoms with E-state index >= 15 is 0 Å². The molecule has 4 rings (SSSR count). The average molecular weight is 429 g/mol. The Hall–Kier alpha value is -2.32. The Morgan fingerprint density at radius 2 is 1.90 bits per heavy atom. The van der Waals surface area contributed by atoms with Gasteiger partial charge in [-0.1, -0.05) is 6.07 Å². The Balaban J connectivity index is 1.51. The van der Waals surface area contributed by atoms with Crippen LogP contribution in [0.1, 0.15) is 67.3 Å². The Kier molecular flexibility index (Phi) is 7.29. The molecule has 2 fully saturated rings. The number of nitrogens with one attached hydrogen (secondary N) is 3. The highest BCUT2D eigenvalue weighted by atomic mass is 19.1. The van der Waals surface area contributed by atoms with Gasteiger partial charge in [0.25, 0.3) is 5.56 Å². The van der Waals surface area contributed by atoms with Gasteiger partial charge in [0.1, 0.15) is 6.17 Å². The maximum Gasteiger partial charge on any atom is 0.256 e. The first-order valence-corrected chi connectivity index (χ1v) is 11.5. The van der Waals surface area contributed by atoms with Crippen molar-refractivity contribution in [3.05, 3.63) is 51.7 Å². The molecule has 0 bridgehead atoms. The zero-order chi connectivity index (χ0) is 21.6. The Morgan fingerprint density at radius 3 is 2.61 bits per heavy atom. The average Bonchev–Trinajstić information content (AvgIpc) is 2.79. The Morgan fingerprint density at radius 1 is 1.13 bits per heavy atom. The van der Waals surface area contributed by atoms with E-state index in [1.807, 2.05) is 18.2 Å². The van der Waals surface area contributed by atoms with Gasteiger partial charge in [-0.2, -0.15) is 0 Å². The van der Waals surface area contributed by atoms with Crippen molar-refractivity contribution in [1.29, 1.82) is 0 Å². The topological polar surface area (TPSA) is 109 Å². The van der Waals surface area contributed by atoms with Crippen molar-refractivity contribution in [3.8, 4) is 0 Å². The van der Waals surface area contributed by atoms with Gasteiger partial charge in [0.05, 0.1) is 5.69 Å². The van der Waals surface area contributed by atoms with Crippen LogP contribution in [0, 0.1) is 0 Å². The number of alkyl halides is 1. The van der Waals surface area contributed by atoms with E-state index in [2.05, 4.69) is 20.6 Å². The summed E-state index contributed by atoms with van der Waals surface area (Å²) in [5.74, 6) is 0.816. The Bertz CT molecular complexity index is 891. The summed E-state index contributed by atoms with van der Waals surface area (Å²) in [7, 11) is 0. The standard InChI is InChI=1S/C23H33FN6O/c24-17-6-4-15(5-7-17)20-21(16-8-11-26-12-9-16)29-23(30-22(20)31)28-14-18(25)13-19-3-1-2-10-27-19/h1-3,10,15-18,26H,4-9,11-14,25H2,(H2,28,29,30,31). The van der Waals surface area contributed by atoms with E-state index in [1.54, 1.807) is 6.20 Å². The largest absolute Gasteiger partial charge is 0.354 e. The van der Waals surface area contributed by atoms with E-state index < -0.39 is 6.17 Å². The van der Waals surface area contributed by atoms with Crippen molar-refractivity contribution < 1.29 is 4.39 Å². The van der Waals surface area contributed by atoms with Crippen LogP contribution in [0.4, 0.5) is 10.3 Å². The predicted molar refractivity (Wildman–Crippen MR) is 120 cm³/mol. The van der Waals surface area contributed by atoms with Gasteiger partial charge in [-0.05, 0) is 69.7 Å². The monoisotopic (exact) mass is 428 g/mol. The quantitative estimate of drug-likeness (QED) is 0.540. The number of piperidine rings is 1. The molecule has 1 unspecified atom stereocenters. The number of aromatic nitrogens is 3. The number of nitrogens with zero attached hydrogens (tertiary/aromatic N) is 2. The van der Waals surface area contributed by atoms with Crippen LogP contribution in [0.25, 0.3) is 0 Å². The van der Waals surface area contributed by atoms with Crippen LogP contribution in [-0.4, -0.2) is 46.8 Å². The van der Waals surface area contributed by atoms with Gasteiger partial charge < -0.3 is 16.4 Å². The molecule has 1 aliphatic carbocycles. The molecule has 0 aromatic carbocycles. The first-order valence-electron chi connectivity index (χ1n) is 11.5. The normalized spacial score (nSPS) is 23.4. The fraction of sp³-hybridized carbons (Fsp3) is 0.609. The van der Waals surface area contributed by atoms with E-state index in [0.717, 1.165) is 42.9 Å². The second kappa shape index (κ2) is 10.3. The zero-order valence-corrected chi connectivity index (χ0v) is 17.9. The molecule has 1 aliphatic heterocycles. The van der Waals surface area contributed by atoms with Crippen LogP contribution in [-0.2, 0) is 6.42 Å². The molecule has 0 spiro atoms. The van der Waals surface area contributed by atoms with E-state index in [-0.39, 0.29) is 23.4 Å². The minimum Gasteiger partial charge on any atom is -0.354 e. The highest BCUT2D eigenvalue weighted by Gasteiger charge is 2.30. The van der Waals surface area contributed by atoms with Gasteiger partial charge in [0.15, 0.2) is 0 Å². The predicted octanol–water partition coefficient (Wildman–Crippen LogP) is 2.61. The highest BCUT2D eigenvalue weighted by molar-refractivity contribution is 5.34. The highest BCUT2D eigenvalue weighted by Crippen LogP contribution is 2.37. The van der Waals surface area contributed by atoms with Crippen LogP contribution in [0.15, 0.2) is 29.2 Å². The minimum atomic E-state index is -0.743. The lowest BCUT2D eigenvalue weighted by Crippen LogP contribution is -2.34. The number of halogens is 1. The molecule has 1 saturated heterocycles. The summed E-state index contributed by atoms with van der Waals surface area (Å²) >= 11 is 0. The van der Waals surface area contributed by atoms with Crippen molar-refractivity contribution in [3.63, 3.8) is 0 Å². The summed E-state index contributed by atoms with van der Waals surface area (Å²) in [6, 6.07) is 5.63. The van der Waals surface area contributed by atoms with E-state index in [4.69, 9.17) is 10.7 Å². The van der Waals surface area contributed by atoms with E-state index in [1.165, 1.54) is 0 Å². The van der Waals surface area contributed by atoms with Crippen molar-refractivity contribution in [2.75, 3.05) is 25.0 Å². The number of rotatable bonds is 7. The van der Waals surface area contributed by atoms with E-state index in [0.29, 0.717) is 44.6 Å². The second-order valence-corrected chi connectivity index (χ2v) is 8.85. The van der Waals surface area contributed by atoms with Crippen LogP contribution in [0.3, 0.4) is 0 Å². The van der Waals surface area contributed by atoms with Crippen molar-refractivity contribution in [2.24, 2.45) is 5.73 Å². The summed E-state index contributed by atoms with van der Waals surface area (Å²) in [6.07, 6.45) is 6.06. The smallest absolute Gasteiger partial charge is 0.256 e. The molecule has 3 heterocycles. The molecular formula is C23H33FN6O. The number of anilines is 1. The molecule has 168 valence electrons. The van der Waals surface area contributed by atoms with Gasteiger partial charge in [-0.3, -0.25) is 14.8 Å². The molecule has 2 aromatic rings. The van der Waals surface area contributed by atoms with Gasteiger partial charge in [-0.15, -0.1) is 0 Å². The molecule has 2 aromatic heterocycles. The molecule has 31 heavy (non-hydrogen) atoms. The molecule has 8 heteroatoms. The summed E-state index contributed by atoms with van der Waals surface area (Å²) in [4.78, 5) is 25.2. The molecule has 2 aliphatic rings. The molecule has 1 atom stereocenters. The molecule has 1 saturated carbocycles. The van der Waals surface area contributed by atoms with Crippen LogP contribution in [0.5, 0.6) is 0 Å². The molecule has 7 nitrogen and oxygen atoms in total. The maximum absolute atomic E-state index is 13.7.